The van der Waals surface area contributed by atoms with Gasteiger partial charge in [-0.05, 0) is 55.5 Å². The van der Waals surface area contributed by atoms with Gasteiger partial charge in [-0.2, -0.15) is 5.26 Å². The Kier molecular flexibility index (Phi) is 5.23. The molecule has 0 aliphatic carbocycles. The highest BCUT2D eigenvalue weighted by molar-refractivity contribution is 5.94. The molecule has 6 nitrogen and oxygen atoms in total. The molecule has 6 heteroatoms. The van der Waals surface area contributed by atoms with E-state index in [1.54, 1.807) is 31.2 Å². The summed E-state index contributed by atoms with van der Waals surface area (Å²) in [6, 6.07) is 16.5. The number of hydrogen-bond donors (Lipinski definition) is 0. The van der Waals surface area contributed by atoms with Crippen molar-refractivity contribution >= 4 is 11.7 Å². The molecular formula is C21H19N3O3. The zero-order chi connectivity index (χ0) is 19.4. The summed E-state index contributed by atoms with van der Waals surface area (Å²) in [6.45, 7) is 1.98. The highest BCUT2D eigenvalue weighted by Gasteiger charge is 2.23. The molecular weight excluding hydrogens is 342 g/mol. The van der Waals surface area contributed by atoms with Gasteiger partial charge in [-0.25, -0.2) is 9.78 Å². The summed E-state index contributed by atoms with van der Waals surface area (Å²) in [7, 11) is 3.92. The van der Waals surface area contributed by atoms with Crippen LogP contribution in [0.4, 0.5) is 5.69 Å². The number of benzene rings is 2. The van der Waals surface area contributed by atoms with Crippen LogP contribution in [0.3, 0.4) is 0 Å². The van der Waals surface area contributed by atoms with E-state index in [0.29, 0.717) is 22.8 Å². The highest BCUT2D eigenvalue weighted by atomic mass is 16.5. The number of rotatable bonds is 5. The molecule has 0 bridgehead atoms. The summed E-state index contributed by atoms with van der Waals surface area (Å²) in [6.07, 6.45) is 0. The maximum absolute atomic E-state index is 12.3. The second-order valence-electron chi connectivity index (χ2n) is 6.05. The van der Waals surface area contributed by atoms with Crippen LogP contribution in [0, 0.1) is 11.3 Å². The van der Waals surface area contributed by atoms with Crippen LogP contribution < -0.4 is 4.90 Å². The maximum Gasteiger partial charge on any atom is 0.361 e. The monoisotopic (exact) mass is 361 g/mol. The van der Waals surface area contributed by atoms with E-state index >= 15 is 0 Å². The number of oxazole rings is 1. The zero-order valence-electron chi connectivity index (χ0n) is 15.4. The SMILES string of the molecule is CCOC(=O)c1nc(-c2ccc(N(C)C)cc2)oc1-c1ccc(C#N)cc1. The predicted octanol–water partition coefficient (Wildman–Crippen LogP) is 4.12. The van der Waals surface area contributed by atoms with Gasteiger partial charge < -0.3 is 14.1 Å². The summed E-state index contributed by atoms with van der Waals surface area (Å²) in [5.41, 5.74) is 3.10. The Morgan fingerprint density at radius 2 is 1.74 bits per heavy atom. The first-order chi connectivity index (χ1) is 13.0. The molecule has 0 aliphatic rings. The third-order valence-corrected chi connectivity index (χ3v) is 4.00. The number of aromatic nitrogens is 1. The van der Waals surface area contributed by atoms with Crippen molar-refractivity contribution in [1.29, 1.82) is 5.26 Å². The van der Waals surface area contributed by atoms with E-state index in [1.165, 1.54) is 0 Å². The molecule has 136 valence electrons. The molecule has 0 saturated carbocycles. The Bertz CT molecular complexity index is 981. The normalized spacial score (nSPS) is 10.3. The van der Waals surface area contributed by atoms with Crippen LogP contribution in [-0.2, 0) is 4.74 Å². The van der Waals surface area contributed by atoms with E-state index in [2.05, 4.69) is 11.1 Å². The molecule has 3 aromatic rings. The van der Waals surface area contributed by atoms with Crippen LogP contribution in [0.25, 0.3) is 22.8 Å². The highest BCUT2D eigenvalue weighted by Crippen LogP contribution is 2.31. The fourth-order valence-electron chi connectivity index (χ4n) is 2.58. The number of ether oxygens (including phenoxy) is 1. The van der Waals surface area contributed by atoms with Crippen molar-refractivity contribution in [2.45, 2.75) is 6.92 Å². The lowest BCUT2D eigenvalue weighted by atomic mass is 10.1. The lowest BCUT2D eigenvalue weighted by Crippen LogP contribution is -2.08. The van der Waals surface area contributed by atoms with E-state index in [0.717, 1.165) is 11.3 Å². The molecule has 0 atom stereocenters. The Balaban J connectivity index is 2.06. The van der Waals surface area contributed by atoms with Gasteiger partial charge in [-0.15, -0.1) is 0 Å². The Morgan fingerprint density at radius 3 is 2.30 bits per heavy atom. The molecule has 1 aromatic heterocycles. The predicted molar refractivity (Wildman–Crippen MR) is 102 cm³/mol. The molecule has 0 spiro atoms. The minimum atomic E-state index is -0.545. The molecule has 3 rings (SSSR count). The fourth-order valence-corrected chi connectivity index (χ4v) is 2.58. The van der Waals surface area contributed by atoms with E-state index in [9.17, 15) is 4.79 Å². The molecule has 0 saturated heterocycles. The van der Waals surface area contributed by atoms with Gasteiger partial charge in [0.15, 0.2) is 11.5 Å². The van der Waals surface area contributed by atoms with Crippen LogP contribution in [0.15, 0.2) is 52.9 Å². The number of nitriles is 1. The molecule has 0 unspecified atom stereocenters. The van der Waals surface area contributed by atoms with Crippen molar-refractivity contribution in [3.8, 4) is 28.8 Å². The minimum Gasteiger partial charge on any atom is -0.461 e. The van der Waals surface area contributed by atoms with Gasteiger partial charge in [-0.3, -0.25) is 0 Å². The van der Waals surface area contributed by atoms with Gasteiger partial charge in [-0.1, -0.05) is 0 Å². The van der Waals surface area contributed by atoms with Gasteiger partial charge in [0, 0.05) is 30.9 Å². The lowest BCUT2D eigenvalue weighted by molar-refractivity contribution is 0.0520. The first kappa shape index (κ1) is 18.2. The number of carbonyl (C=O) groups is 1. The van der Waals surface area contributed by atoms with Gasteiger partial charge in [0.1, 0.15) is 0 Å². The van der Waals surface area contributed by atoms with Gasteiger partial charge in [0.25, 0.3) is 0 Å². The van der Waals surface area contributed by atoms with Crippen LogP contribution in [-0.4, -0.2) is 31.7 Å². The Hall–Kier alpha value is -3.59. The second kappa shape index (κ2) is 7.75. The number of esters is 1. The number of anilines is 1. The Morgan fingerprint density at radius 1 is 1.11 bits per heavy atom. The van der Waals surface area contributed by atoms with Gasteiger partial charge in [0.05, 0.1) is 18.2 Å². The summed E-state index contributed by atoms with van der Waals surface area (Å²) >= 11 is 0. The van der Waals surface area contributed by atoms with E-state index in [-0.39, 0.29) is 12.3 Å². The molecule has 2 aromatic carbocycles. The van der Waals surface area contributed by atoms with E-state index in [1.807, 2.05) is 43.3 Å². The van der Waals surface area contributed by atoms with Crippen molar-refractivity contribution in [2.24, 2.45) is 0 Å². The van der Waals surface area contributed by atoms with Gasteiger partial charge >= 0.3 is 5.97 Å². The topological polar surface area (TPSA) is 79.4 Å². The van der Waals surface area contributed by atoms with Crippen molar-refractivity contribution in [2.75, 3.05) is 25.6 Å². The number of carbonyl (C=O) groups excluding carboxylic acids is 1. The zero-order valence-corrected chi connectivity index (χ0v) is 15.4. The summed E-state index contributed by atoms with van der Waals surface area (Å²) < 4.78 is 11.0. The number of hydrogen-bond acceptors (Lipinski definition) is 6. The van der Waals surface area contributed by atoms with E-state index < -0.39 is 5.97 Å². The molecule has 0 fully saturated rings. The molecule has 0 N–H and O–H groups in total. The quantitative estimate of drug-likeness (QED) is 0.636. The molecule has 1 heterocycles. The largest absolute Gasteiger partial charge is 0.461 e. The fraction of sp³-hybridized carbons (Fsp3) is 0.190. The molecule has 0 aliphatic heterocycles. The van der Waals surface area contributed by atoms with Crippen LogP contribution in [0.5, 0.6) is 0 Å². The van der Waals surface area contributed by atoms with Crippen LogP contribution >= 0.6 is 0 Å². The third-order valence-electron chi connectivity index (χ3n) is 4.00. The standard InChI is InChI=1S/C21H19N3O3/c1-4-26-21(25)18-19(15-7-5-14(13-22)6-8-15)27-20(23-18)16-9-11-17(12-10-16)24(2)3/h5-12H,4H2,1-3H3. The number of nitrogens with zero attached hydrogens (tertiary/aromatic N) is 3. The molecule has 0 amide bonds. The van der Waals surface area contributed by atoms with Crippen molar-refractivity contribution in [3.05, 3.63) is 59.8 Å². The second-order valence-corrected chi connectivity index (χ2v) is 6.05. The third kappa shape index (κ3) is 3.82. The summed E-state index contributed by atoms with van der Waals surface area (Å²) in [5, 5.41) is 8.96. The van der Waals surface area contributed by atoms with Gasteiger partial charge in [0.2, 0.25) is 5.89 Å². The molecule has 0 radical (unpaired) electrons. The molecule has 27 heavy (non-hydrogen) atoms. The first-order valence-electron chi connectivity index (χ1n) is 8.49. The van der Waals surface area contributed by atoms with Crippen LogP contribution in [0.2, 0.25) is 0 Å². The van der Waals surface area contributed by atoms with E-state index in [4.69, 9.17) is 14.4 Å². The smallest absolute Gasteiger partial charge is 0.361 e. The average molecular weight is 361 g/mol. The van der Waals surface area contributed by atoms with Crippen molar-refractivity contribution < 1.29 is 13.9 Å². The summed E-state index contributed by atoms with van der Waals surface area (Å²) in [5.74, 6) is 0.115. The minimum absolute atomic E-state index is 0.119. The maximum atomic E-state index is 12.3. The van der Waals surface area contributed by atoms with Crippen molar-refractivity contribution in [1.82, 2.24) is 4.98 Å². The summed E-state index contributed by atoms with van der Waals surface area (Å²) in [4.78, 5) is 18.7. The average Bonchev–Trinajstić information content (AvgIpc) is 3.14. The first-order valence-corrected chi connectivity index (χ1v) is 8.49. The van der Waals surface area contributed by atoms with Crippen molar-refractivity contribution in [3.63, 3.8) is 0 Å². The Labute approximate surface area is 157 Å². The van der Waals surface area contributed by atoms with Crippen LogP contribution in [0.1, 0.15) is 23.0 Å². The lowest BCUT2D eigenvalue weighted by Gasteiger charge is -2.11.